The van der Waals surface area contributed by atoms with Gasteiger partial charge in [-0.05, 0) is 33.8 Å². The van der Waals surface area contributed by atoms with Gasteiger partial charge in [0.25, 0.3) is 0 Å². The number of benzene rings is 1. The van der Waals surface area contributed by atoms with E-state index < -0.39 is 24.1 Å². The largest absolute Gasteiger partial charge is 0.499 e. The molecule has 0 radical (unpaired) electrons. The molecule has 0 saturated carbocycles. The Kier molecular flexibility index (Phi) is 3.71. The summed E-state index contributed by atoms with van der Waals surface area (Å²) in [7, 11) is 0.764. The number of rotatable bonds is 2. The molecule has 0 aliphatic carbocycles. The van der Waals surface area contributed by atoms with Crippen molar-refractivity contribution in [2.75, 3.05) is 7.11 Å². The molecule has 1 aliphatic rings. The van der Waals surface area contributed by atoms with E-state index in [1.165, 1.54) is 13.2 Å². The van der Waals surface area contributed by atoms with E-state index >= 15 is 0 Å². The normalized spacial score (nSPS) is 20.7. The topological polar surface area (TPSA) is 27.7 Å². The molecular weight excluding hydrogens is 314 g/mol. The van der Waals surface area contributed by atoms with Crippen molar-refractivity contribution in [1.82, 2.24) is 0 Å². The molecule has 1 heterocycles. The highest BCUT2D eigenvalue weighted by molar-refractivity contribution is 9.10. The molecular formula is C13H17BBrFO3. The maximum atomic E-state index is 14.2. The molecule has 1 aliphatic heterocycles. The van der Waals surface area contributed by atoms with Crippen molar-refractivity contribution in [1.29, 1.82) is 0 Å². The molecule has 0 amide bonds. The monoisotopic (exact) mass is 330 g/mol. The Morgan fingerprint density at radius 1 is 1.16 bits per heavy atom. The van der Waals surface area contributed by atoms with E-state index in [9.17, 15) is 4.39 Å². The minimum Gasteiger partial charge on any atom is -0.497 e. The Morgan fingerprint density at radius 3 is 2.11 bits per heavy atom. The molecule has 104 valence electrons. The number of hydrogen-bond donors (Lipinski definition) is 0. The van der Waals surface area contributed by atoms with Crippen molar-refractivity contribution in [3.63, 3.8) is 0 Å². The minimum atomic E-state index is -0.731. The van der Waals surface area contributed by atoms with Crippen molar-refractivity contribution in [3.05, 3.63) is 22.4 Å². The highest BCUT2D eigenvalue weighted by Gasteiger charge is 2.53. The van der Waals surface area contributed by atoms with Crippen molar-refractivity contribution in [2.24, 2.45) is 0 Å². The molecule has 0 bridgehead atoms. The zero-order valence-electron chi connectivity index (χ0n) is 11.7. The lowest BCUT2D eigenvalue weighted by molar-refractivity contribution is 0.00578. The average molecular weight is 331 g/mol. The fraction of sp³-hybridized carbons (Fsp3) is 0.538. The molecule has 3 nitrogen and oxygen atoms in total. The fourth-order valence-corrected chi connectivity index (χ4v) is 2.47. The van der Waals surface area contributed by atoms with Crippen LogP contribution < -0.4 is 10.2 Å². The van der Waals surface area contributed by atoms with Crippen LogP contribution in [0.2, 0.25) is 0 Å². The summed E-state index contributed by atoms with van der Waals surface area (Å²) in [6, 6.07) is 3.02. The molecule has 0 unspecified atom stereocenters. The molecule has 0 aromatic heterocycles. The fourth-order valence-electron chi connectivity index (χ4n) is 1.86. The first-order valence-electron chi connectivity index (χ1n) is 6.06. The van der Waals surface area contributed by atoms with E-state index in [1.54, 1.807) is 6.07 Å². The molecule has 19 heavy (non-hydrogen) atoms. The number of halogens is 2. The van der Waals surface area contributed by atoms with Crippen LogP contribution >= 0.6 is 15.9 Å². The second-order valence-corrected chi connectivity index (χ2v) is 6.45. The third-order valence-corrected chi connectivity index (χ3v) is 4.43. The van der Waals surface area contributed by atoms with Gasteiger partial charge in [-0.15, -0.1) is 0 Å². The number of ether oxygens (including phenoxy) is 1. The second-order valence-electron chi connectivity index (χ2n) is 5.59. The zero-order chi connectivity index (χ0) is 14.4. The van der Waals surface area contributed by atoms with Gasteiger partial charge in [0.05, 0.1) is 18.3 Å². The summed E-state index contributed by atoms with van der Waals surface area (Å²) < 4.78 is 31.5. The zero-order valence-corrected chi connectivity index (χ0v) is 13.3. The van der Waals surface area contributed by atoms with Gasteiger partial charge in [-0.2, -0.15) is 0 Å². The third kappa shape index (κ3) is 2.53. The predicted molar refractivity (Wildman–Crippen MR) is 76.4 cm³/mol. The molecule has 0 N–H and O–H groups in total. The molecule has 1 fully saturated rings. The first-order valence-corrected chi connectivity index (χ1v) is 6.86. The highest BCUT2D eigenvalue weighted by Crippen LogP contribution is 2.37. The van der Waals surface area contributed by atoms with E-state index in [2.05, 4.69) is 15.9 Å². The Hall–Kier alpha value is -0.585. The number of hydrogen-bond acceptors (Lipinski definition) is 3. The minimum absolute atomic E-state index is 0.361. The van der Waals surface area contributed by atoms with Crippen molar-refractivity contribution in [3.8, 4) is 5.75 Å². The van der Waals surface area contributed by atoms with Crippen molar-refractivity contribution in [2.45, 2.75) is 38.9 Å². The van der Waals surface area contributed by atoms with Gasteiger partial charge in [0.1, 0.15) is 11.6 Å². The molecule has 0 atom stereocenters. The van der Waals surface area contributed by atoms with Crippen LogP contribution in [0.25, 0.3) is 0 Å². The maximum absolute atomic E-state index is 14.2. The second kappa shape index (κ2) is 4.75. The van der Waals surface area contributed by atoms with Crippen LogP contribution in [0.5, 0.6) is 5.75 Å². The maximum Gasteiger partial charge on any atom is 0.499 e. The Morgan fingerprint density at radius 2 is 1.68 bits per heavy atom. The van der Waals surface area contributed by atoms with Crippen LogP contribution in [0.4, 0.5) is 4.39 Å². The molecule has 1 aromatic carbocycles. The van der Waals surface area contributed by atoms with E-state index in [4.69, 9.17) is 14.0 Å². The number of methoxy groups -OCH3 is 1. The van der Waals surface area contributed by atoms with Crippen LogP contribution in [-0.4, -0.2) is 25.4 Å². The molecule has 0 spiro atoms. The lowest BCUT2D eigenvalue weighted by Gasteiger charge is -2.32. The van der Waals surface area contributed by atoms with Crippen LogP contribution in [0.15, 0.2) is 16.6 Å². The van der Waals surface area contributed by atoms with Crippen molar-refractivity contribution < 1.29 is 18.4 Å². The molecule has 2 rings (SSSR count). The standard InChI is InChI=1S/C13H17BBrFO3/c1-12(2)13(3,4)19-14(18-12)11-9(15)6-8(17-5)7-10(11)16/h6-7H,1-5H3. The lowest BCUT2D eigenvalue weighted by atomic mass is 9.78. The third-order valence-electron chi connectivity index (χ3n) is 3.78. The summed E-state index contributed by atoms with van der Waals surface area (Å²) in [4.78, 5) is 0. The predicted octanol–water partition coefficient (Wildman–Crippen LogP) is 2.90. The van der Waals surface area contributed by atoms with Gasteiger partial charge in [0.15, 0.2) is 0 Å². The molecule has 1 saturated heterocycles. The van der Waals surface area contributed by atoms with Crippen LogP contribution in [0, 0.1) is 5.82 Å². The quantitative estimate of drug-likeness (QED) is 0.780. The Balaban J connectivity index is 2.40. The van der Waals surface area contributed by atoms with Crippen molar-refractivity contribution >= 4 is 28.5 Å². The summed E-state index contributed by atoms with van der Waals surface area (Å²) in [5.41, 5.74) is -0.633. The Bertz CT molecular complexity index is 466. The van der Waals surface area contributed by atoms with Gasteiger partial charge >= 0.3 is 7.12 Å². The summed E-state index contributed by atoms with van der Waals surface area (Å²) >= 11 is 3.34. The summed E-state index contributed by atoms with van der Waals surface area (Å²) in [6.45, 7) is 7.73. The molecule has 1 aromatic rings. The lowest BCUT2D eigenvalue weighted by Crippen LogP contribution is -2.41. The van der Waals surface area contributed by atoms with Gasteiger partial charge in [-0.1, -0.05) is 15.9 Å². The van der Waals surface area contributed by atoms with Gasteiger partial charge in [0, 0.05) is 16.0 Å². The van der Waals surface area contributed by atoms with E-state index in [1.807, 2.05) is 27.7 Å². The first kappa shape index (κ1) is 14.8. The van der Waals surface area contributed by atoms with Gasteiger partial charge < -0.3 is 14.0 Å². The van der Waals surface area contributed by atoms with E-state index in [0.29, 0.717) is 15.7 Å². The van der Waals surface area contributed by atoms with Crippen LogP contribution in [0.3, 0.4) is 0 Å². The van der Waals surface area contributed by atoms with Crippen LogP contribution in [0.1, 0.15) is 27.7 Å². The SMILES string of the molecule is COc1cc(F)c(B2OC(C)(C)C(C)(C)O2)c(Br)c1. The summed E-state index contributed by atoms with van der Waals surface area (Å²) in [5.74, 6) is 0.0365. The van der Waals surface area contributed by atoms with E-state index in [-0.39, 0.29) is 0 Å². The molecule has 6 heteroatoms. The summed E-state index contributed by atoms with van der Waals surface area (Å²) in [5, 5.41) is 0. The van der Waals surface area contributed by atoms with E-state index in [0.717, 1.165) is 0 Å². The van der Waals surface area contributed by atoms with Gasteiger partial charge in [-0.3, -0.25) is 0 Å². The first-order chi connectivity index (χ1) is 8.68. The van der Waals surface area contributed by atoms with Gasteiger partial charge in [-0.25, -0.2) is 4.39 Å². The highest BCUT2D eigenvalue weighted by atomic mass is 79.9. The summed E-state index contributed by atoms with van der Waals surface area (Å²) in [6.07, 6.45) is 0. The Labute approximate surface area is 121 Å². The van der Waals surface area contributed by atoms with Gasteiger partial charge in [0.2, 0.25) is 0 Å². The van der Waals surface area contributed by atoms with Crippen LogP contribution in [-0.2, 0) is 9.31 Å². The smallest absolute Gasteiger partial charge is 0.497 e. The average Bonchev–Trinajstić information content (AvgIpc) is 2.46.